The van der Waals surface area contributed by atoms with Gasteiger partial charge in [-0.1, -0.05) is 89.8 Å². The Labute approximate surface area is 368 Å². The van der Waals surface area contributed by atoms with Gasteiger partial charge in [0.05, 0.1) is 19.1 Å². The molecule has 16 nitrogen and oxygen atoms in total. The van der Waals surface area contributed by atoms with Crippen molar-refractivity contribution in [3.05, 3.63) is 131 Å². The third-order valence-electron chi connectivity index (χ3n) is 7.52. The normalized spacial score (nSPS) is 10.9. The predicted molar refractivity (Wildman–Crippen MR) is 197 cm³/mol. The summed E-state index contributed by atoms with van der Waals surface area (Å²) >= 11 is 0. The molecule has 2 aromatic heterocycles. The molecule has 0 aliphatic carbocycles. The fourth-order valence-electron chi connectivity index (χ4n) is 5.11. The summed E-state index contributed by atoms with van der Waals surface area (Å²) in [7, 11) is -4.84. The molecule has 0 fully saturated rings. The Kier molecular flexibility index (Phi) is 17.5. The zero-order valence-corrected chi connectivity index (χ0v) is 36.2. The van der Waals surface area contributed by atoms with E-state index >= 15 is 0 Å². The zero-order chi connectivity index (χ0) is 37.4. The van der Waals surface area contributed by atoms with Gasteiger partial charge in [0.25, 0.3) is 0 Å². The standard InChI is InChI=1S/C36H31N8O7S2.2Na.H2O/c1-50-35-40-31(20-23-9-5-3-6-10-23)39-32(41-35)21-24-13-14-25(29(19-24)52(45)46)15-16-26-17-18-28(22-30(26)53(47,48)49)38-34-42-33(43-36(44-34)51-2)37-27-11-7-4-8-12-27;;;/h3-19,22H,20-21H2,1-2H3,(H,47,48,49)(H2,37,38,42,43,44);;;1H2/q-1;2*+1;/p-2/b16-15+;;;. The van der Waals surface area contributed by atoms with Crippen LogP contribution in [0, 0.1) is 0 Å². The summed E-state index contributed by atoms with van der Waals surface area (Å²) in [6.45, 7) is 0. The summed E-state index contributed by atoms with van der Waals surface area (Å²) in [5.74, 6) is 1.04. The maximum atomic E-state index is 12.4. The van der Waals surface area contributed by atoms with Crippen molar-refractivity contribution in [1.29, 1.82) is 0 Å². The zero-order valence-electron chi connectivity index (χ0n) is 30.6. The van der Waals surface area contributed by atoms with E-state index in [4.69, 9.17) is 9.47 Å². The third-order valence-corrected chi connectivity index (χ3v) is 9.13. The van der Waals surface area contributed by atoms with Crippen molar-refractivity contribution in [2.45, 2.75) is 22.6 Å². The molecule has 0 saturated heterocycles. The smallest absolute Gasteiger partial charge is 0.870 e. The van der Waals surface area contributed by atoms with Gasteiger partial charge in [0.2, 0.25) is 11.9 Å². The number of hydrogen-bond acceptors (Lipinski definition) is 17. The van der Waals surface area contributed by atoms with Crippen LogP contribution in [0.3, 0.4) is 0 Å². The molecule has 0 atom stereocenters. The fraction of sp³-hybridized carbons (Fsp3) is 0.111. The molecule has 2 heterocycles. The first-order chi connectivity index (χ1) is 25.6. The van der Waals surface area contributed by atoms with Gasteiger partial charge in [-0.25, -0.2) is 13.4 Å². The summed E-state index contributed by atoms with van der Waals surface area (Å²) in [6, 6.07) is 27.7. The molecule has 0 radical (unpaired) electrons. The molecular formula is C36H31N8Na2O8S2-. The molecule has 278 valence electrons. The van der Waals surface area contributed by atoms with E-state index in [1.165, 1.54) is 44.6 Å². The van der Waals surface area contributed by atoms with Crippen LogP contribution in [-0.4, -0.2) is 62.6 Å². The van der Waals surface area contributed by atoms with Crippen LogP contribution in [0.5, 0.6) is 12.0 Å². The Morgan fingerprint density at radius 2 is 1.18 bits per heavy atom. The second-order valence-electron chi connectivity index (χ2n) is 11.2. The van der Waals surface area contributed by atoms with Crippen LogP contribution in [0.1, 0.15) is 33.9 Å². The van der Waals surface area contributed by atoms with Crippen LogP contribution in [0.2, 0.25) is 0 Å². The van der Waals surface area contributed by atoms with Gasteiger partial charge in [-0.15, -0.1) is 0 Å². The Morgan fingerprint density at radius 1 is 0.643 bits per heavy atom. The number of para-hydroxylation sites is 1. The van der Waals surface area contributed by atoms with Crippen LogP contribution in [0.25, 0.3) is 12.2 Å². The first kappa shape index (κ1) is 46.0. The van der Waals surface area contributed by atoms with Crippen molar-refractivity contribution >= 4 is 56.2 Å². The second-order valence-corrected chi connectivity index (χ2v) is 13.5. The number of aromatic nitrogens is 6. The molecule has 0 spiro atoms. The van der Waals surface area contributed by atoms with Crippen molar-refractivity contribution in [3.8, 4) is 12.0 Å². The van der Waals surface area contributed by atoms with Crippen molar-refractivity contribution in [3.63, 3.8) is 0 Å². The molecule has 6 aromatic rings. The summed E-state index contributed by atoms with van der Waals surface area (Å²) in [6.07, 6.45) is 3.39. The predicted octanol–water partition coefficient (Wildman–Crippen LogP) is -0.683. The molecule has 6 rings (SSSR count). The van der Waals surface area contributed by atoms with Crippen molar-refractivity contribution in [1.82, 2.24) is 29.9 Å². The average Bonchev–Trinajstić information content (AvgIpc) is 3.14. The van der Waals surface area contributed by atoms with Gasteiger partial charge in [0, 0.05) is 24.2 Å². The third kappa shape index (κ3) is 12.6. The van der Waals surface area contributed by atoms with E-state index < -0.39 is 25.7 Å². The maximum Gasteiger partial charge on any atom is 1.00 e. The number of ether oxygens (including phenoxy) is 2. The van der Waals surface area contributed by atoms with Gasteiger partial charge in [-0.05, 0) is 57.2 Å². The molecule has 0 amide bonds. The van der Waals surface area contributed by atoms with Crippen LogP contribution in [0.15, 0.2) is 107 Å². The van der Waals surface area contributed by atoms with E-state index in [-0.39, 0.29) is 117 Å². The maximum absolute atomic E-state index is 12.4. The fourth-order valence-corrected chi connectivity index (χ4v) is 6.38. The van der Waals surface area contributed by atoms with Crippen LogP contribution < -0.4 is 79.2 Å². The van der Waals surface area contributed by atoms with E-state index in [2.05, 4.69) is 40.5 Å². The summed E-state index contributed by atoms with van der Waals surface area (Å²) < 4.78 is 72.3. The molecule has 0 aliphatic heterocycles. The van der Waals surface area contributed by atoms with Crippen LogP contribution in [0.4, 0.5) is 23.3 Å². The number of anilines is 4. The molecule has 56 heavy (non-hydrogen) atoms. The van der Waals surface area contributed by atoms with Gasteiger partial charge < -0.3 is 38.6 Å². The second kappa shape index (κ2) is 21.3. The number of hydrogen-bond donors (Lipinski definition) is 2. The molecule has 0 unspecified atom stereocenters. The van der Waals surface area contributed by atoms with Gasteiger partial charge >= 0.3 is 71.1 Å². The molecular weight excluding hydrogens is 783 g/mol. The van der Waals surface area contributed by atoms with Gasteiger partial charge in [-0.2, -0.15) is 24.9 Å². The topological polar surface area (TPSA) is 241 Å². The van der Waals surface area contributed by atoms with Crippen molar-refractivity contribution < 1.29 is 95.5 Å². The minimum Gasteiger partial charge on any atom is -0.870 e. The molecule has 4 aromatic carbocycles. The summed E-state index contributed by atoms with van der Waals surface area (Å²) in [5, 5.41) is 5.91. The monoisotopic (exact) mass is 813 g/mol. The van der Waals surface area contributed by atoms with Gasteiger partial charge in [0.15, 0.2) is 0 Å². The summed E-state index contributed by atoms with van der Waals surface area (Å²) in [4.78, 5) is 25.3. The quantitative estimate of drug-likeness (QED) is 0.0599. The largest absolute Gasteiger partial charge is 1.00 e. The Balaban J connectivity index is 0.00000280. The number of benzene rings is 4. The first-order valence-corrected chi connectivity index (χ1v) is 18.3. The van der Waals surface area contributed by atoms with E-state index in [9.17, 15) is 21.4 Å². The number of rotatable bonds is 14. The van der Waals surface area contributed by atoms with E-state index in [1.54, 1.807) is 12.1 Å². The summed E-state index contributed by atoms with van der Waals surface area (Å²) in [5.41, 5.74) is 2.77. The van der Waals surface area contributed by atoms with Crippen molar-refractivity contribution in [2.75, 3.05) is 24.9 Å². The molecule has 0 bridgehead atoms. The minimum atomic E-state index is -4.99. The minimum absolute atomic E-state index is 0. The van der Waals surface area contributed by atoms with Gasteiger partial charge in [0.1, 0.15) is 21.8 Å². The van der Waals surface area contributed by atoms with Crippen LogP contribution in [-0.2, 0) is 42.1 Å². The Hall–Kier alpha value is -4.34. The molecule has 20 heteroatoms. The number of nitrogens with zero attached hydrogens (tertiary/aromatic N) is 6. The average molecular weight is 814 g/mol. The molecule has 3 N–H and O–H groups in total. The first-order valence-electron chi connectivity index (χ1n) is 15.8. The molecule has 0 aliphatic rings. The van der Waals surface area contributed by atoms with Gasteiger partial charge in [-0.3, -0.25) is 0 Å². The van der Waals surface area contributed by atoms with Crippen molar-refractivity contribution in [2.24, 2.45) is 0 Å². The van der Waals surface area contributed by atoms with E-state index in [1.807, 2.05) is 60.7 Å². The SMILES string of the molecule is COc1nc(Cc2ccccc2)nc(Cc2ccc(/C=C/c3ccc(Nc4nc(Nc5ccccc5)nc(OC)n4)cc3S(=O)(=O)[O-])c([S-](=O)=O)c2)n1.[Na+].[Na+].[OH-]. The van der Waals surface area contributed by atoms with E-state index in [0.717, 1.165) is 11.6 Å². The van der Waals surface area contributed by atoms with Crippen LogP contribution >= 0.6 is 0 Å². The molecule has 0 saturated carbocycles. The Bertz CT molecular complexity index is 2470. The van der Waals surface area contributed by atoms with E-state index in [0.29, 0.717) is 29.3 Å². The number of methoxy groups -OCH3 is 2. The Morgan fingerprint density at radius 3 is 1.77 bits per heavy atom. The number of nitrogens with one attached hydrogen (secondary N) is 2.